The smallest absolute Gasteiger partial charge is 0.220 e. The lowest BCUT2D eigenvalue weighted by molar-refractivity contribution is 1.11. The van der Waals surface area contributed by atoms with Crippen molar-refractivity contribution in [2.24, 2.45) is 0 Å². The van der Waals surface area contributed by atoms with Crippen LogP contribution in [0.1, 0.15) is 0 Å². The normalized spacial score (nSPS) is 11.8. The van der Waals surface area contributed by atoms with Crippen molar-refractivity contribution < 1.29 is 0 Å². The molecule has 6 heteroatoms. The first-order valence-electron chi connectivity index (χ1n) is 21.3. The van der Waals surface area contributed by atoms with Crippen molar-refractivity contribution in [3.05, 3.63) is 218 Å². The van der Waals surface area contributed by atoms with Gasteiger partial charge in [0, 0.05) is 38.7 Å². The Kier molecular flexibility index (Phi) is 7.80. The predicted octanol–water partition coefficient (Wildman–Crippen LogP) is 14.1. The Morgan fingerprint density at radius 3 is 1.67 bits per heavy atom. The van der Waals surface area contributed by atoms with Crippen LogP contribution in [0, 0.1) is 0 Å². The fourth-order valence-electron chi connectivity index (χ4n) is 9.48. The van der Waals surface area contributed by atoms with Crippen LogP contribution < -0.4 is 0 Å². The summed E-state index contributed by atoms with van der Waals surface area (Å²) in [4.78, 5) is 15.5. The van der Waals surface area contributed by atoms with Gasteiger partial charge in [-0.3, -0.25) is 8.97 Å². The van der Waals surface area contributed by atoms with Crippen LogP contribution in [-0.4, -0.2) is 28.5 Å². The molecule has 0 saturated carbocycles. The monoisotopic (exact) mass is 804 g/mol. The van der Waals surface area contributed by atoms with Crippen molar-refractivity contribution in [2.75, 3.05) is 0 Å². The van der Waals surface area contributed by atoms with Crippen LogP contribution in [0.3, 0.4) is 0 Å². The van der Waals surface area contributed by atoms with E-state index < -0.39 is 0 Å². The van der Waals surface area contributed by atoms with Gasteiger partial charge in [0.2, 0.25) is 5.78 Å². The predicted molar refractivity (Wildman–Crippen MR) is 259 cm³/mol. The lowest BCUT2D eigenvalue weighted by Gasteiger charge is -2.12. The van der Waals surface area contributed by atoms with Gasteiger partial charge in [0.25, 0.3) is 0 Å². The molecule has 0 aliphatic carbocycles. The Morgan fingerprint density at radius 1 is 0.286 bits per heavy atom. The Hall–Kier alpha value is -8.61. The molecule has 0 spiro atoms. The quantitative estimate of drug-likeness (QED) is 0.168. The molecule has 6 nitrogen and oxygen atoms in total. The lowest BCUT2D eigenvalue weighted by Crippen LogP contribution is -1.97. The highest BCUT2D eigenvalue weighted by atomic mass is 15.2. The average Bonchev–Trinajstić information content (AvgIpc) is 4.01. The number of para-hydroxylation sites is 5. The Morgan fingerprint density at radius 2 is 0.857 bits per heavy atom. The van der Waals surface area contributed by atoms with Crippen LogP contribution in [-0.2, 0) is 0 Å². The number of nitrogens with zero attached hydrogens (tertiary/aromatic N) is 6. The third kappa shape index (κ3) is 5.62. The van der Waals surface area contributed by atoms with Gasteiger partial charge >= 0.3 is 0 Å². The number of fused-ring (bicyclic) bond motifs is 9. The molecule has 0 bridgehead atoms. The van der Waals surface area contributed by atoms with E-state index in [1.165, 1.54) is 21.9 Å². The zero-order valence-corrected chi connectivity index (χ0v) is 34.0. The van der Waals surface area contributed by atoms with Crippen molar-refractivity contribution in [3.63, 3.8) is 0 Å². The molecule has 0 radical (unpaired) electrons. The fourth-order valence-corrected chi connectivity index (χ4v) is 9.48. The summed E-state index contributed by atoms with van der Waals surface area (Å²) >= 11 is 0. The summed E-state index contributed by atoms with van der Waals surface area (Å²) in [5.41, 5.74) is 17.3. The minimum atomic E-state index is 0.700. The summed E-state index contributed by atoms with van der Waals surface area (Å²) in [6, 6.07) is 77.3. The van der Waals surface area contributed by atoms with Crippen molar-refractivity contribution in [1.82, 2.24) is 28.5 Å². The van der Waals surface area contributed by atoms with E-state index in [0.29, 0.717) is 5.82 Å². The highest BCUT2D eigenvalue weighted by Crippen LogP contribution is 2.38. The SMILES string of the molecule is c1ccc(-c2ccc(-c3nc(-c4ccc(-n5c6ccccc6c6cc(-c7ccc8nc9n(-c%10ccccc%10)c%10ccccc%10n9c8c7)ccc65)cc4)nc4ccccc34)cc2)cc1. The van der Waals surface area contributed by atoms with Crippen molar-refractivity contribution in [3.8, 4) is 56.3 Å². The van der Waals surface area contributed by atoms with E-state index in [1.807, 2.05) is 12.1 Å². The van der Waals surface area contributed by atoms with Crippen molar-refractivity contribution >= 4 is 60.6 Å². The molecule has 13 rings (SSSR count). The highest BCUT2D eigenvalue weighted by Gasteiger charge is 2.19. The van der Waals surface area contributed by atoms with Crippen LogP contribution in [0.2, 0.25) is 0 Å². The molecule has 4 heterocycles. The molecule has 0 unspecified atom stereocenters. The van der Waals surface area contributed by atoms with E-state index in [2.05, 4.69) is 220 Å². The molecule has 0 atom stereocenters. The summed E-state index contributed by atoms with van der Waals surface area (Å²) < 4.78 is 6.91. The first-order valence-corrected chi connectivity index (χ1v) is 21.3. The molecule has 9 aromatic carbocycles. The zero-order valence-electron chi connectivity index (χ0n) is 34.0. The van der Waals surface area contributed by atoms with Gasteiger partial charge in [0.05, 0.1) is 44.3 Å². The van der Waals surface area contributed by atoms with E-state index in [0.717, 1.165) is 89.1 Å². The summed E-state index contributed by atoms with van der Waals surface area (Å²) in [7, 11) is 0. The van der Waals surface area contributed by atoms with E-state index >= 15 is 0 Å². The number of aromatic nitrogens is 6. The molecule has 0 aliphatic heterocycles. The summed E-state index contributed by atoms with van der Waals surface area (Å²) in [5.74, 6) is 1.60. The van der Waals surface area contributed by atoms with Gasteiger partial charge in [-0.2, -0.15) is 0 Å². The topological polar surface area (TPSA) is 52.9 Å². The molecule has 63 heavy (non-hydrogen) atoms. The van der Waals surface area contributed by atoms with Crippen LogP contribution in [0.15, 0.2) is 218 Å². The van der Waals surface area contributed by atoms with Gasteiger partial charge in [-0.1, -0.05) is 133 Å². The second-order valence-corrected chi connectivity index (χ2v) is 16.1. The fraction of sp³-hybridized carbons (Fsp3) is 0. The Bertz CT molecular complexity index is 3880. The summed E-state index contributed by atoms with van der Waals surface area (Å²) in [5, 5.41) is 3.44. The van der Waals surface area contributed by atoms with E-state index in [-0.39, 0.29) is 0 Å². The lowest BCUT2D eigenvalue weighted by atomic mass is 10.0. The zero-order chi connectivity index (χ0) is 41.4. The maximum absolute atomic E-state index is 5.21. The first-order chi connectivity index (χ1) is 31.2. The molecule has 13 aromatic rings. The first kappa shape index (κ1) is 35.2. The summed E-state index contributed by atoms with van der Waals surface area (Å²) in [6.07, 6.45) is 0. The number of hydrogen-bond donors (Lipinski definition) is 0. The van der Waals surface area contributed by atoms with E-state index in [1.54, 1.807) is 0 Å². The number of hydrogen-bond acceptors (Lipinski definition) is 3. The largest absolute Gasteiger partial charge is 0.309 e. The molecule has 0 fully saturated rings. The van der Waals surface area contributed by atoms with Gasteiger partial charge in [0.15, 0.2) is 5.82 Å². The Labute approximate surface area is 362 Å². The van der Waals surface area contributed by atoms with Gasteiger partial charge < -0.3 is 4.57 Å². The molecule has 0 N–H and O–H groups in total. The maximum atomic E-state index is 5.21. The van der Waals surface area contributed by atoms with E-state index in [9.17, 15) is 0 Å². The van der Waals surface area contributed by atoms with Crippen LogP contribution in [0.25, 0.3) is 117 Å². The number of rotatable bonds is 6. The third-order valence-electron chi connectivity index (χ3n) is 12.5. The van der Waals surface area contributed by atoms with Gasteiger partial charge in [0.1, 0.15) is 0 Å². The van der Waals surface area contributed by atoms with Gasteiger partial charge in [-0.25, -0.2) is 15.0 Å². The number of benzene rings is 9. The molecule has 0 saturated heterocycles. The Balaban J connectivity index is 0.888. The van der Waals surface area contributed by atoms with Crippen LogP contribution in [0.4, 0.5) is 0 Å². The third-order valence-corrected chi connectivity index (χ3v) is 12.5. The minimum Gasteiger partial charge on any atom is -0.309 e. The molecular weight excluding hydrogens is 769 g/mol. The minimum absolute atomic E-state index is 0.700. The standard InChI is InChI=1S/C57H36N6/c1-3-13-37(14-4-1)38-23-25-39(26-24-38)55-46-18-7-9-19-48(46)58-56(60-55)40-27-31-44(32-28-40)61-50-20-10-8-17-45(50)47-35-41(30-34-51(47)61)42-29-33-49-54(36-42)63-53-22-12-11-21-52(53)62(57(63)59-49)43-15-5-2-6-16-43/h1-36H. The second kappa shape index (κ2) is 14.0. The average molecular weight is 805 g/mol. The molecule has 0 aliphatic rings. The van der Waals surface area contributed by atoms with Crippen LogP contribution >= 0.6 is 0 Å². The van der Waals surface area contributed by atoms with Crippen molar-refractivity contribution in [2.45, 2.75) is 0 Å². The van der Waals surface area contributed by atoms with Crippen LogP contribution in [0.5, 0.6) is 0 Å². The second-order valence-electron chi connectivity index (χ2n) is 16.1. The molecular formula is C57H36N6. The number of imidazole rings is 2. The van der Waals surface area contributed by atoms with E-state index in [4.69, 9.17) is 15.0 Å². The van der Waals surface area contributed by atoms with Gasteiger partial charge in [-0.15, -0.1) is 0 Å². The molecule has 4 aromatic heterocycles. The van der Waals surface area contributed by atoms with Crippen molar-refractivity contribution in [1.29, 1.82) is 0 Å². The molecule has 0 amide bonds. The highest BCUT2D eigenvalue weighted by molar-refractivity contribution is 6.10. The maximum Gasteiger partial charge on any atom is 0.220 e. The van der Waals surface area contributed by atoms with Gasteiger partial charge in [-0.05, 0) is 107 Å². The summed E-state index contributed by atoms with van der Waals surface area (Å²) in [6.45, 7) is 0. The molecule has 294 valence electrons.